The van der Waals surface area contributed by atoms with Crippen LogP contribution in [0.2, 0.25) is 10.0 Å². The van der Waals surface area contributed by atoms with E-state index in [1.54, 1.807) is 12.1 Å². The number of nitrogens with zero attached hydrogens (tertiary/aromatic N) is 3. The number of halogens is 7. The van der Waals surface area contributed by atoms with E-state index in [0.29, 0.717) is 11.4 Å². The van der Waals surface area contributed by atoms with E-state index in [1.165, 1.54) is 62.7 Å². The van der Waals surface area contributed by atoms with Crippen molar-refractivity contribution in [2.45, 2.75) is 25.6 Å². The lowest BCUT2D eigenvalue weighted by Crippen LogP contribution is -2.37. The van der Waals surface area contributed by atoms with Gasteiger partial charge in [0.1, 0.15) is 23.7 Å². The topological polar surface area (TPSA) is 129 Å². The normalized spacial score (nSPS) is 11.9. The molecule has 0 unspecified atom stereocenters. The molecule has 0 spiro atoms. The van der Waals surface area contributed by atoms with E-state index in [4.69, 9.17) is 27.9 Å². The fourth-order valence-electron chi connectivity index (χ4n) is 3.94. The maximum absolute atomic E-state index is 13.9. The highest BCUT2D eigenvalue weighted by atomic mass is 35.5. The van der Waals surface area contributed by atoms with Crippen molar-refractivity contribution < 1.29 is 41.1 Å². The number of carbonyl (C=O) groups is 3. The van der Waals surface area contributed by atoms with Crippen LogP contribution in [-0.4, -0.2) is 52.4 Å². The standard InChI is InChI=1S/C29H23Cl2F5N6O4/c1-15(43)39-22-10-6-16(12-37-22)7-11-23(44)38-13-24(45)42(2)20-9-8-18(30)17(25(20)31)14-46-21-5-3-4-19-26(21)41-27(40-19)28(32,33)29(34,35)36/h3-12H,13-14H2,1-2H3,(H,38,44)(H,40,41)(H,37,39,43)/b11-7+. The van der Waals surface area contributed by atoms with E-state index in [0.717, 1.165) is 4.90 Å². The number of fused-ring (bicyclic) bond motifs is 1. The fraction of sp³-hybridized carbons (Fsp3) is 0.207. The van der Waals surface area contributed by atoms with Gasteiger partial charge < -0.3 is 25.3 Å². The SMILES string of the molecule is CC(=O)Nc1ccc(/C=C/C(=O)NCC(=O)N(C)c2ccc(Cl)c(COc3cccc4[nH]c(C(F)(F)C(F)(F)F)nc34)c2Cl)cn1. The summed E-state index contributed by atoms with van der Waals surface area (Å²) in [4.78, 5) is 46.8. The molecule has 0 fully saturated rings. The van der Waals surface area contributed by atoms with Gasteiger partial charge in [0.05, 0.1) is 22.8 Å². The summed E-state index contributed by atoms with van der Waals surface area (Å²) in [5.41, 5.74) is 0.536. The third-order valence-corrected chi connectivity index (χ3v) is 7.11. The van der Waals surface area contributed by atoms with Crippen LogP contribution in [0.1, 0.15) is 23.9 Å². The molecule has 3 amide bonds. The molecule has 242 valence electrons. The number of aromatic amines is 1. The molecule has 0 saturated heterocycles. The van der Waals surface area contributed by atoms with E-state index in [-0.39, 0.29) is 50.6 Å². The monoisotopic (exact) mass is 684 g/mol. The minimum Gasteiger partial charge on any atom is -0.486 e. The molecule has 3 N–H and O–H groups in total. The molecule has 4 aromatic rings. The molecular formula is C29H23Cl2F5N6O4. The van der Waals surface area contributed by atoms with Crippen LogP contribution in [0, 0.1) is 0 Å². The van der Waals surface area contributed by atoms with Crippen molar-refractivity contribution in [3.63, 3.8) is 0 Å². The number of nitrogens with one attached hydrogen (secondary N) is 3. The number of anilines is 2. The Labute approximate surface area is 267 Å². The maximum atomic E-state index is 13.9. The summed E-state index contributed by atoms with van der Waals surface area (Å²) in [6, 6.07) is 9.99. The number of ether oxygens (including phenoxy) is 1. The van der Waals surface area contributed by atoms with Crippen molar-refractivity contribution in [1.82, 2.24) is 20.3 Å². The molecular weight excluding hydrogens is 662 g/mol. The summed E-state index contributed by atoms with van der Waals surface area (Å²) < 4.78 is 72.0. The lowest BCUT2D eigenvalue weighted by molar-refractivity contribution is -0.292. The minimum atomic E-state index is -5.87. The highest BCUT2D eigenvalue weighted by Crippen LogP contribution is 2.43. The van der Waals surface area contributed by atoms with Gasteiger partial charge >= 0.3 is 12.1 Å². The molecule has 0 saturated carbocycles. The smallest absolute Gasteiger partial charge is 0.461 e. The van der Waals surface area contributed by atoms with Gasteiger partial charge in [-0.2, -0.15) is 22.0 Å². The summed E-state index contributed by atoms with van der Waals surface area (Å²) in [5, 5.41) is 5.07. The molecule has 0 aliphatic carbocycles. The van der Waals surface area contributed by atoms with Crippen LogP contribution in [0.3, 0.4) is 0 Å². The van der Waals surface area contributed by atoms with Gasteiger partial charge in [0, 0.05) is 36.8 Å². The number of alkyl halides is 5. The first-order valence-electron chi connectivity index (χ1n) is 13.1. The summed E-state index contributed by atoms with van der Waals surface area (Å²) in [6.45, 7) is 0.569. The molecule has 2 aromatic carbocycles. The Morgan fingerprint density at radius 2 is 1.80 bits per heavy atom. The predicted octanol–water partition coefficient (Wildman–Crippen LogP) is 6.25. The maximum Gasteiger partial charge on any atom is 0.461 e. The number of benzene rings is 2. The zero-order chi connectivity index (χ0) is 33.8. The summed E-state index contributed by atoms with van der Waals surface area (Å²) in [7, 11) is 1.40. The molecule has 2 aromatic heterocycles. The van der Waals surface area contributed by atoms with Crippen molar-refractivity contribution in [2.24, 2.45) is 0 Å². The number of para-hydroxylation sites is 1. The van der Waals surface area contributed by atoms with E-state index in [9.17, 15) is 36.3 Å². The van der Waals surface area contributed by atoms with Crippen molar-refractivity contribution in [3.8, 4) is 5.75 Å². The second kappa shape index (κ2) is 13.7. The van der Waals surface area contributed by atoms with Crippen LogP contribution in [-0.2, 0) is 26.9 Å². The third kappa shape index (κ3) is 7.72. The molecule has 0 aliphatic rings. The van der Waals surface area contributed by atoms with Crippen molar-refractivity contribution >= 4 is 69.5 Å². The van der Waals surface area contributed by atoms with Gasteiger partial charge in [-0.25, -0.2) is 9.97 Å². The lowest BCUT2D eigenvalue weighted by Gasteiger charge is -2.21. The summed E-state index contributed by atoms with van der Waals surface area (Å²) >= 11 is 12.8. The first kappa shape index (κ1) is 34.1. The molecule has 4 rings (SSSR count). The van der Waals surface area contributed by atoms with Crippen molar-refractivity contribution in [2.75, 3.05) is 23.8 Å². The van der Waals surface area contributed by atoms with Crippen LogP contribution in [0.15, 0.2) is 54.7 Å². The summed E-state index contributed by atoms with van der Waals surface area (Å²) in [6.07, 6.45) is -1.77. The van der Waals surface area contributed by atoms with Crippen molar-refractivity contribution in [3.05, 3.63) is 81.7 Å². The molecule has 0 atom stereocenters. The Hall–Kier alpha value is -4.76. The van der Waals surface area contributed by atoms with Crippen LogP contribution in [0.5, 0.6) is 5.75 Å². The van der Waals surface area contributed by atoms with E-state index >= 15 is 0 Å². The van der Waals surface area contributed by atoms with Crippen molar-refractivity contribution in [1.29, 1.82) is 0 Å². The number of rotatable bonds is 10. The van der Waals surface area contributed by atoms with Gasteiger partial charge in [-0.1, -0.05) is 29.3 Å². The quantitative estimate of drug-likeness (QED) is 0.134. The number of H-pyrrole nitrogens is 1. The molecule has 2 heterocycles. The Kier molecular flexibility index (Phi) is 10.2. The van der Waals surface area contributed by atoms with E-state index < -0.39 is 36.3 Å². The zero-order valence-corrected chi connectivity index (χ0v) is 25.3. The molecule has 0 bridgehead atoms. The molecule has 17 heteroatoms. The highest BCUT2D eigenvalue weighted by Gasteiger charge is 2.61. The van der Waals surface area contributed by atoms with Gasteiger partial charge in [-0.15, -0.1) is 0 Å². The largest absolute Gasteiger partial charge is 0.486 e. The third-order valence-electron chi connectivity index (χ3n) is 6.33. The second-order valence-corrected chi connectivity index (χ2v) is 10.4. The Morgan fingerprint density at radius 1 is 1.07 bits per heavy atom. The summed E-state index contributed by atoms with van der Waals surface area (Å²) in [5.74, 6) is -8.02. The lowest BCUT2D eigenvalue weighted by atomic mass is 10.2. The molecule has 0 aliphatic heterocycles. The number of hydrogen-bond acceptors (Lipinski definition) is 6. The van der Waals surface area contributed by atoms with Gasteiger partial charge in [0.2, 0.25) is 17.7 Å². The number of imidazole rings is 1. The van der Waals surface area contributed by atoms with Gasteiger partial charge in [0.15, 0.2) is 5.82 Å². The first-order chi connectivity index (χ1) is 21.6. The number of amides is 3. The first-order valence-corrected chi connectivity index (χ1v) is 13.8. The zero-order valence-electron chi connectivity index (χ0n) is 23.8. The van der Waals surface area contributed by atoms with Gasteiger partial charge in [-0.3, -0.25) is 14.4 Å². The number of carbonyl (C=O) groups excluding carboxylic acids is 3. The molecule has 46 heavy (non-hydrogen) atoms. The Morgan fingerprint density at radius 3 is 2.46 bits per heavy atom. The number of pyridine rings is 1. The average Bonchev–Trinajstić information content (AvgIpc) is 3.44. The van der Waals surface area contributed by atoms with Crippen LogP contribution >= 0.6 is 23.2 Å². The Bertz CT molecular complexity index is 1810. The van der Waals surface area contributed by atoms with Crippen LogP contribution in [0.4, 0.5) is 33.5 Å². The second-order valence-electron chi connectivity index (χ2n) is 9.62. The predicted molar refractivity (Wildman–Crippen MR) is 161 cm³/mol. The number of likely N-dealkylation sites (N-methyl/N-ethyl adjacent to an activating group) is 1. The van der Waals surface area contributed by atoms with E-state index in [1.807, 2.05) is 4.98 Å². The fourth-order valence-corrected chi connectivity index (χ4v) is 4.54. The molecule has 0 radical (unpaired) electrons. The Balaban J connectivity index is 1.42. The number of aromatic nitrogens is 3. The van der Waals surface area contributed by atoms with Crippen LogP contribution < -0.4 is 20.3 Å². The van der Waals surface area contributed by atoms with Gasteiger partial charge in [0.25, 0.3) is 0 Å². The van der Waals surface area contributed by atoms with Crippen LogP contribution in [0.25, 0.3) is 17.1 Å². The highest BCUT2D eigenvalue weighted by molar-refractivity contribution is 6.38. The minimum absolute atomic E-state index is 0.0109. The van der Waals surface area contributed by atoms with Gasteiger partial charge in [-0.05, 0) is 48.0 Å². The number of hydrogen-bond donors (Lipinski definition) is 3. The average molecular weight is 685 g/mol. The molecule has 10 nitrogen and oxygen atoms in total. The van der Waals surface area contributed by atoms with E-state index in [2.05, 4.69) is 20.6 Å².